The Labute approximate surface area is 109 Å². The van der Waals surface area contributed by atoms with E-state index in [1.807, 2.05) is 0 Å². The summed E-state index contributed by atoms with van der Waals surface area (Å²) >= 11 is 5.76. The first-order valence-corrected chi connectivity index (χ1v) is 5.56. The number of aromatic carboxylic acids is 1. The lowest BCUT2D eigenvalue weighted by Gasteiger charge is -2.10. The van der Waals surface area contributed by atoms with E-state index in [-0.39, 0.29) is 10.6 Å². The summed E-state index contributed by atoms with van der Waals surface area (Å²) in [6.45, 7) is 0. The molecule has 0 aliphatic rings. The molecule has 0 aliphatic heterocycles. The van der Waals surface area contributed by atoms with Crippen LogP contribution >= 0.6 is 11.6 Å². The second kappa shape index (κ2) is 5.02. The van der Waals surface area contributed by atoms with Gasteiger partial charge in [-0.1, -0.05) is 41.9 Å². The molecule has 0 amide bonds. The number of rotatable bonds is 3. The van der Waals surface area contributed by atoms with E-state index in [4.69, 9.17) is 11.6 Å². The van der Waals surface area contributed by atoms with Gasteiger partial charge in [0, 0.05) is 16.1 Å². The highest BCUT2D eigenvalue weighted by Gasteiger charge is 2.07. The van der Waals surface area contributed by atoms with Gasteiger partial charge in [-0.3, -0.25) is 4.79 Å². The molecule has 2 aromatic carbocycles. The zero-order valence-corrected chi connectivity index (χ0v) is 9.98. The topological polar surface area (TPSA) is 57.2 Å². The summed E-state index contributed by atoms with van der Waals surface area (Å²) < 4.78 is 0. The second-order valence-electron chi connectivity index (χ2n) is 3.69. The molecule has 2 aromatic rings. The number of halogens is 1. The van der Waals surface area contributed by atoms with E-state index in [1.54, 1.807) is 30.3 Å². The van der Waals surface area contributed by atoms with Gasteiger partial charge in [0.15, 0.2) is 6.29 Å². The monoisotopic (exact) mass is 259 g/mol. The minimum absolute atomic E-state index is 0.0881. The van der Waals surface area contributed by atoms with Crippen molar-refractivity contribution in [1.29, 1.82) is 0 Å². The zero-order valence-electron chi connectivity index (χ0n) is 9.22. The number of carboxylic acid groups (broad SMARTS) is 1. The fourth-order valence-corrected chi connectivity index (χ4v) is 1.91. The van der Waals surface area contributed by atoms with Crippen molar-refractivity contribution in [3.63, 3.8) is 0 Å². The lowest BCUT2D eigenvalue weighted by atomic mass is 9.99. The number of carbonyl (C=O) groups excluding carboxylic acids is 2. The van der Waals surface area contributed by atoms with Gasteiger partial charge < -0.3 is 9.90 Å². The van der Waals surface area contributed by atoms with E-state index in [1.165, 1.54) is 12.1 Å². The standard InChI is InChI=1S/C14H9ClO3/c15-13-6-5-9(7-12(13)14(17)18)11-4-2-1-3-10(11)8-16/h1-8H,(H,17,18)/p-1. The Bertz CT molecular complexity index is 620. The molecule has 0 radical (unpaired) electrons. The van der Waals surface area contributed by atoms with Crippen LogP contribution in [0.15, 0.2) is 42.5 Å². The summed E-state index contributed by atoms with van der Waals surface area (Å²) in [6.07, 6.45) is 0.725. The van der Waals surface area contributed by atoms with Crippen molar-refractivity contribution in [3.8, 4) is 11.1 Å². The van der Waals surface area contributed by atoms with Crippen molar-refractivity contribution in [2.75, 3.05) is 0 Å². The summed E-state index contributed by atoms with van der Waals surface area (Å²) in [5.41, 5.74) is 1.67. The summed E-state index contributed by atoms with van der Waals surface area (Å²) in [5, 5.41) is 11.0. The van der Waals surface area contributed by atoms with Crippen molar-refractivity contribution in [2.45, 2.75) is 0 Å². The number of benzene rings is 2. The van der Waals surface area contributed by atoms with Crippen LogP contribution in [0.4, 0.5) is 0 Å². The van der Waals surface area contributed by atoms with E-state index < -0.39 is 5.97 Å². The van der Waals surface area contributed by atoms with Crippen molar-refractivity contribution in [1.82, 2.24) is 0 Å². The molecular weight excluding hydrogens is 252 g/mol. The first-order chi connectivity index (χ1) is 8.63. The third-order valence-corrected chi connectivity index (χ3v) is 2.91. The highest BCUT2D eigenvalue weighted by Crippen LogP contribution is 2.26. The third kappa shape index (κ3) is 2.26. The molecule has 0 N–H and O–H groups in total. The smallest absolute Gasteiger partial charge is 0.150 e. The van der Waals surface area contributed by atoms with Gasteiger partial charge in [-0.05, 0) is 23.3 Å². The van der Waals surface area contributed by atoms with Crippen LogP contribution in [-0.2, 0) is 0 Å². The van der Waals surface area contributed by atoms with Crippen LogP contribution in [0.1, 0.15) is 20.7 Å². The van der Waals surface area contributed by atoms with Crippen LogP contribution < -0.4 is 5.11 Å². The SMILES string of the molecule is O=Cc1ccccc1-c1ccc(Cl)c(C(=O)[O-])c1. The molecule has 0 unspecified atom stereocenters. The maximum atomic E-state index is 10.9. The van der Waals surface area contributed by atoms with E-state index in [9.17, 15) is 14.7 Å². The van der Waals surface area contributed by atoms with E-state index >= 15 is 0 Å². The van der Waals surface area contributed by atoms with Crippen molar-refractivity contribution in [2.24, 2.45) is 0 Å². The number of aldehydes is 1. The molecule has 0 fully saturated rings. The van der Waals surface area contributed by atoms with Gasteiger partial charge in [0.05, 0.1) is 5.97 Å². The predicted octanol–water partition coefficient (Wildman–Crippen LogP) is 2.18. The molecule has 0 saturated heterocycles. The highest BCUT2D eigenvalue weighted by atomic mass is 35.5. The Morgan fingerprint density at radius 3 is 2.56 bits per heavy atom. The van der Waals surface area contributed by atoms with Crippen LogP contribution in [0.3, 0.4) is 0 Å². The van der Waals surface area contributed by atoms with E-state index in [2.05, 4.69) is 0 Å². The molecule has 4 heteroatoms. The Morgan fingerprint density at radius 1 is 1.17 bits per heavy atom. The molecular formula is C14H8ClO3-. The normalized spacial score (nSPS) is 10.1. The summed E-state index contributed by atoms with van der Waals surface area (Å²) in [4.78, 5) is 21.8. The number of hydrogen-bond donors (Lipinski definition) is 0. The Hall–Kier alpha value is -2.13. The molecule has 0 heterocycles. The largest absolute Gasteiger partial charge is 0.545 e. The van der Waals surface area contributed by atoms with Crippen molar-refractivity contribution in [3.05, 3.63) is 58.6 Å². The fraction of sp³-hybridized carbons (Fsp3) is 0. The Kier molecular flexibility index (Phi) is 3.44. The Balaban J connectivity index is 2.61. The molecule has 18 heavy (non-hydrogen) atoms. The maximum absolute atomic E-state index is 10.9. The Morgan fingerprint density at radius 2 is 1.89 bits per heavy atom. The lowest BCUT2D eigenvalue weighted by molar-refractivity contribution is -0.255. The second-order valence-corrected chi connectivity index (χ2v) is 4.09. The van der Waals surface area contributed by atoms with Crippen LogP contribution in [0.25, 0.3) is 11.1 Å². The summed E-state index contributed by atoms with van der Waals surface area (Å²) in [5.74, 6) is -1.34. The number of hydrogen-bond acceptors (Lipinski definition) is 3. The maximum Gasteiger partial charge on any atom is 0.150 e. The molecule has 2 rings (SSSR count). The summed E-state index contributed by atoms with van der Waals surface area (Å²) in [6, 6.07) is 11.5. The van der Waals surface area contributed by atoms with E-state index in [0.717, 1.165) is 6.29 Å². The number of carbonyl (C=O) groups is 2. The van der Waals surface area contributed by atoms with E-state index in [0.29, 0.717) is 16.7 Å². The molecule has 90 valence electrons. The van der Waals surface area contributed by atoms with Crippen LogP contribution in [-0.4, -0.2) is 12.3 Å². The van der Waals surface area contributed by atoms with Gasteiger partial charge in [0.25, 0.3) is 0 Å². The average molecular weight is 260 g/mol. The quantitative estimate of drug-likeness (QED) is 0.794. The lowest BCUT2D eigenvalue weighted by Crippen LogP contribution is -2.22. The molecule has 0 saturated carbocycles. The third-order valence-electron chi connectivity index (χ3n) is 2.59. The van der Waals surface area contributed by atoms with Gasteiger partial charge in [-0.15, -0.1) is 0 Å². The molecule has 0 spiro atoms. The first-order valence-electron chi connectivity index (χ1n) is 5.19. The average Bonchev–Trinajstić information content (AvgIpc) is 2.39. The van der Waals surface area contributed by atoms with Gasteiger partial charge in [-0.25, -0.2) is 0 Å². The molecule has 0 aromatic heterocycles. The predicted molar refractivity (Wildman–Crippen MR) is 66.6 cm³/mol. The number of carboxylic acids is 1. The van der Waals surface area contributed by atoms with Gasteiger partial charge >= 0.3 is 0 Å². The minimum atomic E-state index is -1.34. The summed E-state index contributed by atoms with van der Waals surface area (Å²) in [7, 11) is 0. The van der Waals surface area contributed by atoms with Gasteiger partial charge in [0.2, 0.25) is 0 Å². The molecule has 3 nitrogen and oxygen atoms in total. The zero-order chi connectivity index (χ0) is 13.1. The van der Waals surface area contributed by atoms with Crippen LogP contribution in [0.5, 0.6) is 0 Å². The highest BCUT2D eigenvalue weighted by molar-refractivity contribution is 6.33. The molecule has 0 aliphatic carbocycles. The molecule has 0 atom stereocenters. The minimum Gasteiger partial charge on any atom is -0.545 e. The van der Waals surface area contributed by atoms with Gasteiger partial charge in [0.1, 0.15) is 0 Å². The fourth-order valence-electron chi connectivity index (χ4n) is 1.71. The van der Waals surface area contributed by atoms with Crippen molar-refractivity contribution < 1.29 is 14.7 Å². The molecule has 0 bridgehead atoms. The van der Waals surface area contributed by atoms with Crippen LogP contribution in [0, 0.1) is 0 Å². The first kappa shape index (κ1) is 12.3. The van der Waals surface area contributed by atoms with Crippen molar-refractivity contribution >= 4 is 23.9 Å². The van der Waals surface area contributed by atoms with Crippen LogP contribution in [0.2, 0.25) is 5.02 Å². The van der Waals surface area contributed by atoms with Gasteiger partial charge in [-0.2, -0.15) is 0 Å².